The molecular weight excluding hydrogens is 394 g/mol. The summed E-state index contributed by atoms with van der Waals surface area (Å²) in [7, 11) is 0. The molecule has 0 atom stereocenters. The first-order chi connectivity index (χ1) is 13.3. The Morgan fingerprint density at radius 1 is 1.11 bits per heavy atom. The van der Waals surface area contributed by atoms with Gasteiger partial charge in [-0.1, -0.05) is 17.7 Å². The quantitative estimate of drug-likeness (QED) is 0.686. The molecule has 2 rings (SSSR count). The number of amides is 2. The number of carbonyl (C=O) groups is 3. The maximum absolute atomic E-state index is 13.5. The summed E-state index contributed by atoms with van der Waals surface area (Å²) in [4.78, 5) is 35.2. The van der Waals surface area contributed by atoms with Crippen LogP contribution < -0.4 is 10.6 Å². The minimum Gasteiger partial charge on any atom is -0.456 e. The van der Waals surface area contributed by atoms with Gasteiger partial charge in [0.15, 0.2) is 6.61 Å². The van der Waals surface area contributed by atoms with E-state index in [1.165, 1.54) is 0 Å². The van der Waals surface area contributed by atoms with Crippen LogP contribution in [0.2, 0.25) is 5.02 Å². The van der Waals surface area contributed by atoms with Gasteiger partial charge in [0.1, 0.15) is 11.6 Å². The number of esters is 1. The fraction of sp³-hybridized carbons (Fsp3) is 0.211. The fourth-order valence-corrected chi connectivity index (χ4v) is 2.31. The number of hydrogen-bond donors (Lipinski definition) is 2. The summed E-state index contributed by atoms with van der Waals surface area (Å²) in [6.07, 6.45) is -0.224. The van der Waals surface area contributed by atoms with Gasteiger partial charge < -0.3 is 15.4 Å². The van der Waals surface area contributed by atoms with Gasteiger partial charge in [-0.05, 0) is 36.8 Å². The Labute approximate surface area is 164 Å². The lowest BCUT2D eigenvalue weighted by molar-refractivity contribution is -0.147. The average molecular weight is 411 g/mol. The van der Waals surface area contributed by atoms with E-state index in [9.17, 15) is 23.2 Å². The van der Waals surface area contributed by atoms with Crippen LogP contribution in [0.1, 0.15) is 22.3 Å². The number of carbonyl (C=O) groups excluding carboxylic acids is 3. The highest BCUT2D eigenvalue weighted by atomic mass is 35.5. The molecule has 0 saturated carbocycles. The highest BCUT2D eigenvalue weighted by Gasteiger charge is 2.13. The maximum Gasteiger partial charge on any atom is 0.308 e. The van der Waals surface area contributed by atoms with Gasteiger partial charge in [-0.25, -0.2) is 8.78 Å². The molecule has 0 spiro atoms. The molecule has 0 aromatic heterocycles. The smallest absolute Gasteiger partial charge is 0.308 e. The average Bonchev–Trinajstić information content (AvgIpc) is 2.63. The topological polar surface area (TPSA) is 84.5 Å². The Balaban J connectivity index is 1.71. The van der Waals surface area contributed by atoms with Crippen LogP contribution in [0.3, 0.4) is 0 Å². The van der Waals surface area contributed by atoms with Crippen molar-refractivity contribution in [2.45, 2.75) is 13.3 Å². The molecule has 148 valence electrons. The van der Waals surface area contributed by atoms with Crippen molar-refractivity contribution < 1.29 is 27.9 Å². The molecule has 0 heterocycles. The monoisotopic (exact) mass is 410 g/mol. The van der Waals surface area contributed by atoms with E-state index in [1.807, 2.05) is 6.92 Å². The van der Waals surface area contributed by atoms with E-state index in [0.29, 0.717) is 16.8 Å². The molecule has 9 heteroatoms. The number of benzene rings is 2. The van der Waals surface area contributed by atoms with Crippen molar-refractivity contribution in [2.24, 2.45) is 0 Å². The third-order valence-corrected chi connectivity index (χ3v) is 4.02. The van der Waals surface area contributed by atoms with E-state index in [2.05, 4.69) is 10.6 Å². The molecule has 0 saturated heterocycles. The van der Waals surface area contributed by atoms with Gasteiger partial charge in [0.2, 0.25) is 0 Å². The molecule has 2 aromatic rings. The Kier molecular flexibility index (Phi) is 7.45. The Morgan fingerprint density at radius 2 is 1.86 bits per heavy atom. The number of rotatable bonds is 7. The lowest BCUT2D eigenvalue weighted by Gasteiger charge is -2.08. The minimum absolute atomic E-state index is 0.135. The van der Waals surface area contributed by atoms with Crippen molar-refractivity contribution in [2.75, 3.05) is 18.5 Å². The zero-order chi connectivity index (χ0) is 20.7. The molecule has 0 aliphatic carbocycles. The molecule has 2 amide bonds. The third-order valence-electron chi connectivity index (χ3n) is 3.61. The number of halogens is 3. The van der Waals surface area contributed by atoms with Crippen molar-refractivity contribution in [1.29, 1.82) is 0 Å². The second kappa shape index (κ2) is 9.80. The lowest BCUT2D eigenvalue weighted by Crippen LogP contribution is -2.28. The predicted octanol–water partition coefficient (Wildman–Crippen LogP) is 3.23. The van der Waals surface area contributed by atoms with Crippen LogP contribution in [0.25, 0.3) is 0 Å². The Bertz CT molecular complexity index is 905. The molecule has 0 fully saturated rings. The molecule has 0 bridgehead atoms. The van der Waals surface area contributed by atoms with E-state index >= 15 is 0 Å². The van der Waals surface area contributed by atoms with Crippen LogP contribution in [0.4, 0.5) is 14.5 Å². The first-order valence-corrected chi connectivity index (χ1v) is 8.59. The van der Waals surface area contributed by atoms with Crippen LogP contribution in [0.15, 0.2) is 36.4 Å². The third kappa shape index (κ3) is 6.31. The number of aryl methyl sites for hydroxylation is 1. The predicted molar refractivity (Wildman–Crippen MR) is 99.1 cm³/mol. The molecular formula is C19H17ClF2N2O4. The van der Waals surface area contributed by atoms with Crippen LogP contribution in [0.5, 0.6) is 0 Å². The van der Waals surface area contributed by atoms with Crippen LogP contribution in [-0.4, -0.2) is 30.9 Å². The SMILES string of the molecule is Cc1ccc(NC(=O)COC(=O)CCNC(=O)c2ccc(F)cc2F)cc1Cl. The van der Waals surface area contributed by atoms with Gasteiger partial charge in [0, 0.05) is 23.3 Å². The summed E-state index contributed by atoms with van der Waals surface area (Å²) in [5, 5.41) is 5.33. The largest absolute Gasteiger partial charge is 0.456 e. The van der Waals surface area contributed by atoms with Crippen molar-refractivity contribution in [3.8, 4) is 0 Å². The van der Waals surface area contributed by atoms with Gasteiger partial charge in [-0.15, -0.1) is 0 Å². The number of hydrogen-bond acceptors (Lipinski definition) is 4. The standard InChI is InChI=1S/C19H17ClF2N2O4/c1-11-2-4-13(9-15(11)20)24-17(25)10-28-18(26)6-7-23-19(27)14-5-3-12(21)8-16(14)22/h2-5,8-9H,6-7,10H2,1H3,(H,23,27)(H,24,25). The highest BCUT2D eigenvalue weighted by Crippen LogP contribution is 2.19. The number of nitrogens with one attached hydrogen (secondary N) is 2. The first kappa shape index (κ1) is 21.3. The molecule has 0 unspecified atom stereocenters. The first-order valence-electron chi connectivity index (χ1n) is 8.21. The van der Waals surface area contributed by atoms with Crippen LogP contribution in [-0.2, 0) is 14.3 Å². The molecule has 0 radical (unpaired) electrons. The maximum atomic E-state index is 13.5. The van der Waals surface area contributed by atoms with E-state index in [1.54, 1.807) is 18.2 Å². The van der Waals surface area contributed by atoms with E-state index in [-0.39, 0.29) is 18.5 Å². The molecule has 28 heavy (non-hydrogen) atoms. The zero-order valence-electron chi connectivity index (χ0n) is 14.9. The Morgan fingerprint density at radius 3 is 2.54 bits per heavy atom. The van der Waals surface area contributed by atoms with Gasteiger partial charge in [0.25, 0.3) is 11.8 Å². The summed E-state index contributed by atoms with van der Waals surface area (Å²) < 4.78 is 31.1. The van der Waals surface area contributed by atoms with E-state index in [0.717, 1.165) is 17.7 Å². The van der Waals surface area contributed by atoms with Crippen LogP contribution >= 0.6 is 11.6 Å². The van der Waals surface area contributed by atoms with Crippen molar-refractivity contribution in [3.63, 3.8) is 0 Å². The normalized spacial score (nSPS) is 10.3. The van der Waals surface area contributed by atoms with Crippen molar-refractivity contribution in [3.05, 3.63) is 64.2 Å². The molecule has 0 aliphatic heterocycles. The number of anilines is 1. The Hall–Kier alpha value is -3.00. The second-order valence-electron chi connectivity index (χ2n) is 5.80. The lowest BCUT2D eigenvalue weighted by atomic mass is 10.2. The second-order valence-corrected chi connectivity index (χ2v) is 6.21. The summed E-state index contributed by atoms with van der Waals surface area (Å²) >= 11 is 5.96. The summed E-state index contributed by atoms with van der Waals surface area (Å²) in [6.45, 7) is 1.17. The van der Waals surface area contributed by atoms with Crippen LogP contribution in [0, 0.1) is 18.6 Å². The van der Waals surface area contributed by atoms with Crippen molar-refractivity contribution >= 4 is 35.1 Å². The van der Waals surface area contributed by atoms with E-state index in [4.69, 9.17) is 16.3 Å². The molecule has 2 aromatic carbocycles. The summed E-state index contributed by atoms with van der Waals surface area (Å²) in [6, 6.07) is 7.50. The fourth-order valence-electron chi connectivity index (χ4n) is 2.13. The molecule has 0 aliphatic rings. The molecule has 2 N–H and O–H groups in total. The molecule has 6 nitrogen and oxygen atoms in total. The number of ether oxygens (including phenoxy) is 1. The van der Waals surface area contributed by atoms with Gasteiger partial charge in [-0.3, -0.25) is 14.4 Å². The van der Waals surface area contributed by atoms with Gasteiger partial charge in [-0.2, -0.15) is 0 Å². The summed E-state index contributed by atoms with van der Waals surface area (Å²) in [5.74, 6) is -3.88. The van der Waals surface area contributed by atoms with E-state index < -0.39 is 36.0 Å². The van der Waals surface area contributed by atoms with Crippen molar-refractivity contribution in [1.82, 2.24) is 5.32 Å². The summed E-state index contributed by atoms with van der Waals surface area (Å²) in [5.41, 5.74) is 0.977. The zero-order valence-corrected chi connectivity index (χ0v) is 15.6. The van der Waals surface area contributed by atoms with Gasteiger partial charge in [0.05, 0.1) is 12.0 Å². The highest BCUT2D eigenvalue weighted by molar-refractivity contribution is 6.31. The minimum atomic E-state index is -1.01. The van der Waals surface area contributed by atoms with Gasteiger partial charge >= 0.3 is 5.97 Å².